The Kier molecular flexibility index (Phi) is 4.23. The molecule has 2 N–H and O–H groups in total. The summed E-state index contributed by atoms with van der Waals surface area (Å²) in [5.41, 5.74) is -0.482. The molecule has 0 radical (unpaired) electrons. The van der Waals surface area contributed by atoms with Gasteiger partial charge in [0.15, 0.2) is 11.5 Å². The van der Waals surface area contributed by atoms with Crippen LogP contribution in [0.5, 0.6) is 11.5 Å². The van der Waals surface area contributed by atoms with Crippen LogP contribution in [-0.2, 0) is 17.1 Å². The highest BCUT2D eigenvalue weighted by Crippen LogP contribution is 2.34. The van der Waals surface area contributed by atoms with Crippen LogP contribution in [0.1, 0.15) is 11.4 Å². The summed E-state index contributed by atoms with van der Waals surface area (Å²) in [7, 11) is 0. The van der Waals surface area contributed by atoms with Crippen molar-refractivity contribution >= 4 is 17.6 Å². The molecule has 0 aliphatic heterocycles. The fourth-order valence-corrected chi connectivity index (χ4v) is 1.29. The maximum Gasteiger partial charge on any atom is 0.573 e. The Balaban J connectivity index is 3.20. The molecular formula is C9H7ClF3NO4. The fourth-order valence-electron chi connectivity index (χ4n) is 1.16. The molecule has 1 heterocycles. The number of carboxylic acid groups (broad SMARTS) is 1. The predicted octanol–water partition coefficient (Wildman–Crippen LogP) is 2.05. The maximum absolute atomic E-state index is 12.0. The number of carboxylic acids is 1. The summed E-state index contributed by atoms with van der Waals surface area (Å²) < 4.78 is 39.7. The van der Waals surface area contributed by atoms with Gasteiger partial charge in [-0.15, -0.1) is 24.8 Å². The first-order chi connectivity index (χ1) is 8.23. The lowest BCUT2D eigenvalue weighted by molar-refractivity contribution is -0.275. The second-order valence-electron chi connectivity index (χ2n) is 3.16. The van der Waals surface area contributed by atoms with Crippen LogP contribution in [-0.4, -0.2) is 27.5 Å². The topological polar surface area (TPSA) is 79.7 Å². The number of carbonyl (C=O) groups is 1. The number of aromatic nitrogens is 1. The summed E-state index contributed by atoms with van der Waals surface area (Å²) in [6, 6.07) is 0.793. The Hall–Kier alpha value is -1.70. The first-order valence-corrected chi connectivity index (χ1v) is 5.01. The average Bonchev–Trinajstić information content (AvgIpc) is 2.21. The van der Waals surface area contributed by atoms with E-state index in [0.717, 1.165) is 6.07 Å². The molecule has 0 aromatic carbocycles. The third-order valence-corrected chi connectivity index (χ3v) is 2.04. The highest BCUT2D eigenvalue weighted by molar-refractivity contribution is 6.16. The number of hydrogen-bond donors (Lipinski definition) is 2. The maximum atomic E-state index is 12.0. The molecule has 0 aliphatic rings. The molecule has 5 nitrogen and oxygen atoms in total. The molecule has 0 unspecified atom stereocenters. The van der Waals surface area contributed by atoms with Gasteiger partial charge in [0.2, 0.25) is 0 Å². The highest BCUT2D eigenvalue weighted by Gasteiger charge is 2.33. The largest absolute Gasteiger partial charge is 0.573 e. The minimum atomic E-state index is -5.01. The van der Waals surface area contributed by atoms with Crippen molar-refractivity contribution in [3.8, 4) is 11.5 Å². The lowest BCUT2D eigenvalue weighted by Crippen LogP contribution is -2.18. The van der Waals surface area contributed by atoms with Gasteiger partial charge in [0.1, 0.15) is 0 Å². The molecule has 18 heavy (non-hydrogen) atoms. The molecule has 0 saturated carbocycles. The quantitative estimate of drug-likeness (QED) is 0.828. The standard InChI is InChI=1S/C9H7ClF3NO4/c10-3-4-1-6(18-9(11,12)13)8(17)5(14-4)2-7(15)16/h1,17H,2-3H2,(H,15,16). The summed E-state index contributed by atoms with van der Waals surface area (Å²) in [5, 5.41) is 18.0. The molecule has 0 bridgehead atoms. The Labute approximate surface area is 104 Å². The van der Waals surface area contributed by atoms with E-state index in [4.69, 9.17) is 16.7 Å². The molecule has 0 saturated heterocycles. The van der Waals surface area contributed by atoms with Gasteiger partial charge < -0.3 is 14.9 Å². The van der Waals surface area contributed by atoms with Gasteiger partial charge in [0.25, 0.3) is 0 Å². The molecule has 100 valence electrons. The lowest BCUT2D eigenvalue weighted by atomic mass is 10.2. The van der Waals surface area contributed by atoms with Gasteiger partial charge in [0, 0.05) is 6.07 Å². The van der Waals surface area contributed by atoms with Crippen LogP contribution in [0.15, 0.2) is 6.07 Å². The smallest absolute Gasteiger partial charge is 0.503 e. The van der Waals surface area contributed by atoms with Crippen molar-refractivity contribution < 1.29 is 32.9 Å². The van der Waals surface area contributed by atoms with Crippen molar-refractivity contribution in [2.75, 3.05) is 0 Å². The highest BCUT2D eigenvalue weighted by atomic mass is 35.5. The zero-order valence-electron chi connectivity index (χ0n) is 8.66. The monoisotopic (exact) mass is 285 g/mol. The average molecular weight is 286 g/mol. The summed E-state index contributed by atoms with van der Waals surface area (Å²) in [4.78, 5) is 14.1. The number of nitrogens with zero attached hydrogens (tertiary/aromatic N) is 1. The number of alkyl halides is 4. The van der Waals surface area contributed by atoms with Crippen molar-refractivity contribution in [1.82, 2.24) is 4.98 Å². The minimum Gasteiger partial charge on any atom is -0.503 e. The lowest BCUT2D eigenvalue weighted by Gasteiger charge is -2.13. The summed E-state index contributed by atoms with van der Waals surface area (Å²) in [6.07, 6.45) is -5.76. The van der Waals surface area contributed by atoms with Crippen LogP contribution >= 0.6 is 11.6 Å². The molecule has 1 rings (SSSR count). The van der Waals surface area contributed by atoms with Crippen molar-refractivity contribution in [1.29, 1.82) is 0 Å². The number of halogens is 4. The van der Waals surface area contributed by atoms with Gasteiger partial charge in [-0.3, -0.25) is 9.78 Å². The Bertz CT molecular complexity index is 464. The molecule has 0 amide bonds. The molecular weight excluding hydrogens is 279 g/mol. The van der Waals surface area contributed by atoms with Gasteiger partial charge in [-0.1, -0.05) is 0 Å². The van der Waals surface area contributed by atoms with Gasteiger partial charge in [-0.2, -0.15) is 0 Å². The van der Waals surface area contributed by atoms with E-state index in [1.807, 2.05) is 0 Å². The van der Waals surface area contributed by atoms with E-state index in [-0.39, 0.29) is 11.6 Å². The van der Waals surface area contributed by atoms with Crippen LogP contribution in [0, 0.1) is 0 Å². The number of hydrogen-bond acceptors (Lipinski definition) is 4. The van der Waals surface area contributed by atoms with Crippen LogP contribution in [0.3, 0.4) is 0 Å². The van der Waals surface area contributed by atoms with Crippen LogP contribution in [0.25, 0.3) is 0 Å². The second kappa shape index (κ2) is 5.30. The van der Waals surface area contributed by atoms with Gasteiger partial charge >= 0.3 is 12.3 Å². The SMILES string of the molecule is O=C(O)Cc1nc(CCl)cc(OC(F)(F)F)c1O. The number of aromatic hydroxyl groups is 1. The number of ether oxygens (including phenoxy) is 1. The Morgan fingerprint density at radius 1 is 1.50 bits per heavy atom. The molecule has 0 spiro atoms. The van der Waals surface area contributed by atoms with E-state index >= 15 is 0 Å². The molecule has 0 fully saturated rings. The first kappa shape index (κ1) is 14.4. The minimum absolute atomic E-state index is 0.0371. The molecule has 9 heteroatoms. The normalized spacial score (nSPS) is 11.3. The van der Waals surface area contributed by atoms with Gasteiger partial charge in [-0.25, -0.2) is 0 Å². The summed E-state index contributed by atoms with van der Waals surface area (Å²) >= 11 is 5.40. The zero-order chi connectivity index (χ0) is 13.9. The fraction of sp³-hybridized carbons (Fsp3) is 0.333. The van der Waals surface area contributed by atoms with Crippen molar-refractivity contribution in [2.45, 2.75) is 18.7 Å². The summed E-state index contributed by atoms with van der Waals surface area (Å²) in [5.74, 6) is -3.50. The number of aliphatic carboxylic acids is 1. The zero-order valence-corrected chi connectivity index (χ0v) is 9.42. The van der Waals surface area contributed by atoms with Crippen LogP contribution in [0.4, 0.5) is 13.2 Å². The van der Waals surface area contributed by atoms with Gasteiger partial charge in [-0.05, 0) is 0 Å². The van der Waals surface area contributed by atoms with E-state index < -0.39 is 35.9 Å². The van der Waals surface area contributed by atoms with E-state index in [2.05, 4.69) is 9.72 Å². The van der Waals surface area contributed by atoms with Crippen molar-refractivity contribution in [3.63, 3.8) is 0 Å². The molecule has 0 aliphatic carbocycles. The Morgan fingerprint density at radius 2 is 2.11 bits per heavy atom. The van der Waals surface area contributed by atoms with Crippen molar-refractivity contribution in [3.05, 3.63) is 17.5 Å². The third-order valence-electron chi connectivity index (χ3n) is 1.76. The first-order valence-electron chi connectivity index (χ1n) is 4.48. The third kappa shape index (κ3) is 3.95. The molecule has 0 atom stereocenters. The number of pyridine rings is 1. The van der Waals surface area contributed by atoms with E-state index in [1.165, 1.54) is 0 Å². The van der Waals surface area contributed by atoms with E-state index in [0.29, 0.717) is 0 Å². The number of rotatable bonds is 4. The molecule has 1 aromatic rings. The van der Waals surface area contributed by atoms with E-state index in [1.54, 1.807) is 0 Å². The van der Waals surface area contributed by atoms with E-state index in [9.17, 15) is 23.1 Å². The predicted molar refractivity (Wildman–Crippen MR) is 53.5 cm³/mol. The Morgan fingerprint density at radius 3 is 2.56 bits per heavy atom. The van der Waals surface area contributed by atoms with Crippen LogP contribution in [0.2, 0.25) is 0 Å². The van der Waals surface area contributed by atoms with Gasteiger partial charge in [0.05, 0.1) is 23.7 Å². The summed E-state index contributed by atoms with van der Waals surface area (Å²) in [6.45, 7) is 0. The second-order valence-corrected chi connectivity index (χ2v) is 3.43. The van der Waals surface area contributed by atoms with Crippen molar-refractivity contribution in [2.24, 2.45) is 0 Å². The molecule has 1 aromatic heterocycles. The van der Waals surface area contributed by atoms with Crippen LogP contribution < -0.4 is 4.74 Å².